The number of carbonyl (C=O) groups excluding carboxylic acids is 1. The number of hydrogen-bond donors (Lipinski definition) is 2. The van der Waals surface area contributed by atoms with Gasteiger partial charge in [-0.1, -0.05) is 11.8 Å². The zero-order valence-corrected chi connectivity index (χ0v) is 18.4. The van der Waals surface area contributed by atoms with Crippen LogP contribution in [0.5, 0.6) is 5.75 Å². The molecule has 3 aromatic rings. The molecule has 0 unspecified atom stereocenters. The number of hydrogen-bond acceptors (Lipinski definition) is 9. The Labute approximate surface area is 188 Å². The highest BCUT2D eigenvalue weighted by Gasteiger charge is 2.26. The van der Waals surface area contributed by atoms with E-state index in [9.17, 15) is 18.3 Å². The molecule has 1 amide bonds. The number of phenols is 1. The van der Waals surface area contributed by atoms with Crippen molar-refractivity contribution in [3.8, 4) is 11.4 Å². The summed E-state index contributed by atoms with van der Waals surface area (Å²) >= 11 is 1.14. The Morgan fingerprint density at radius 3 is 2.47 bits per heavy atom. The maximum Gasteiger partial charge on any atom is 0.243 e. The highest BCUT2D eigenvalue weighted by Crippen LogP contribution is 2.22. The molecule has 1 fully saturated rings. The summed E-state index contributed by atoms with van der Waals surface area (Å²) in [4.78, 5) is 12.5. The number of nitrogens with one attached hydrogen (secondary N) is 1. The number of phenolic OH excluding ortho intramolecular Hbond substituents is 1. The van der Waals surface area contributed by atoms with E-state index in [0.717, 1.165) is 11.8 Å². The van der Waals surface area contributed by atoms with Crippen molar-refractivity contribution in [2.45, 2.75) is 10.1 Å². The van der Waals surface area contributed by atoms with Gasteiger partial charge in [-0.15, -0.1) is 5.10 Å². The SMILES string of the molecule is O=C(CSc1nnnn1-c1ccc(O)cc1)Nc1ccc(S(=O)(=O)N2CCOCC2)cc1. The first kappa shape index (κ1) is 22.2. The Bertz CT molecular complexity index is 1180. The van der Waals surface area contributed by atoms with Crippen molar-refractivity contribution >= 4 is 33.4 Å². The molecule has 11 nitrogen and oxygen atoms in total. The molecule has 13 heteroatoms. The number of nitrogens with zero attached hydrogens (tertiary/aromatic N) is 5. The fourth-order valence-electron chi connectivity index (χ4n) is 3.00. The molecule has 1 aliphatic rings. The largest absolute Gasteiger partial charge is 0.508 e. The number of sulfonamides is 1. The topological polar surface area (TPSA) is 140 Å². The van der Waals surface area contributed by atoms with E-state index in [1.165, 1.54) is 33.3 Å². The van der Waals surface area contributed by atoms with E-state index in [0.29, 0.717) is 42.8 Å². The van der Waals surface area contributed by atoms with Gasteiger partial charge in [0.25, 0.3) is 0 Å². The quantitative estimate of drug-likeness (QED) is 0.480. The second-order valence-electron chi connectivity index (χ2n) is 6.77. The number of ether oxygens (including phenoxy) is 1. The van der Waals surface area contributed by atoms with E-state index < -0.39 is 10.0 Å². The van der Waals surface area contributed by atoms with Gasteiger partial charge in [0.1, 0.15) is 5.75 Å². The molecule has 4 rings (SSSR count). The van der Waals surface area contributed by atoms with Gasteiger partial charge < -0.3 is 15.2 Å². The molecule has 1 saturated heterocycles. The second-order valence-corrected chi connectivity index (χ2v) is 9.65. The lowest BCUT2D eigenvalue weighted by molar-refractivity contribution is -0.113. The minimum atomic E-state index is -3.59. The molecule has 0 aliphatic carbocycles. The third-order valence-corrected chi connectivity index (χ3v) is 7.45. The Balaban J connectivity index is 1.35. The van der Waals surface area contributed by atoms with Crippen LogP contribution in [0.15, 0.2) is 58.6 Å². The second kappa shape index (κ2) is 9.65. The number of carbonyl (C=O) groups is 1. The lowest BCUT2D eigenvalue weighted by Crippen LogP contribution is -2.40. The number of aromatic hydroxyl groups is 1. The molecule has 2 aromatic carbocycles. The van der Waals surface area contributed by atoms with E-state index in [2.05, 4.69) is 20.8 Å². The van der Waals surface area contributed by atoms with Gasteiger partial charge in [-0.05, 0) is 59.0 Å². The summed E-state index contributed by atoms with van der Waals surface area (Å²) < 4.78 is 33.4. The first-order valence-electron chi connectivity index (χ1n) is 9.62. The number of morpholine rings is 1. The maximum atomic E-state index is 12.7. The number of anilines is 1. The number of benzene rings is 2. The average molecular weight is 477 g/mol. The number of thioether (sulfide) groups is 1. The smallest absolute Gasteiger partial charge is 0.243 e. The summed E-state index contributed by atoms with van der Waals surface area (Å²) in [5.41, 5.74) is 1.13. The molecule has 0 radical (unpaired) electrons. The summed E-state index contributed by atoms with van der Waals surface area (Å²) in [5, 5.41) is 24.0. The molecule has 1 aliphatic heterocycles. The number of tetrazole rings is 1. The molecule has 2 N–H and O–H groups in total. The van der Waals surface area contributed by atoms with Crippen LogP contribution in [0.2, 0.25) is 0 Å². The van der Waals surface area contributed by atoms with Gasteiger partial charge in [0.05, 0.1) is 29.5 Å². The predicted octanol–water partition coefficient (Wildman–Crippen LogP) is 1.12. The Hall–Kier alpha value is -3.00. The third kappa shape index (κ3) is 5.07. The Kier molecular flexibility index (Phi) is 6.69. The zero-order chi connectivity index (χ0) is 22.6. The van der Waals surface area contributed by atoms with E-state index in [4.69, 9.17) is 4.74 Å². The van der Waals surface area contributed by atoms with Gasteiger partial charge in [0.2, 0.25) is 21.1 Å². The number of aromatic nitrogens is 4. The molecule has 0 saturated carbocycles. The first-order valence-corrected chi connectivity index (χ1v) is 12.0. The van der Waals surface area contributed by atoms with Gasteiger partial charge in [-0.25, -0.2) is 8.42 Å². The molecular formula is C19H20N6O5S2. The van der Waals surface area contributed by atoms with E-state index in [1.54, 1.807) is 24.3 Å². The van der Waals surface area contributed by atoms with Crippen LogP contribution in [-0.4, -0.2) is 76.0 Å². The fourth-order valence-corrected chi connectivity index (χ4v) is 5.10. The Morgan fingerprint density at radius 1 is 1.09 bits per heavy atom. The standard InChI is InChI=1S/C19H20N6O5S2/c26-16-5-3-15(4-6-16)25-19(21-22-23-25)31-13-18(27)20-14-1-7-17(8-2-14)32(28,29)24-9-11-30-12-10-24/h1-8,26H,9-13H2,(H,20,27). The third-order valence-electron chi connectivity index (χ3n) is 4.61. The zero-order valence-electron chi connectivity index (χ0n) is 16.8. The number of amides is 1. The minimum Gasteiger partial charge on any atom is -0.508 e. The average Bonchev–Trinajstić information content (AvgIpc) is 3.28. The van der Waals surface area contributed by atoms with Crippen molar-refractivity contribution in [2.75, 3.05) is 37.4 Å². The minimum absolute atomic E-state index is 0.0479. The summed E-state index contributed by atoms with van der Waals surface area (Å²) in [6.07, 6.45) is 0. The van der Waals surface area contributed by atoms with Crippen LogP contribution < -0.4 is 5.32 Å². The highest BCUT2D eigenvalue weighted by molar-refractivity contribution is 7.99. The van der Waals surface area contributed by atoms with Crippen molar-refractivity contribution in [3.05, 3.63) is 48.5 Å². The maximum absolute atomic E-state index is 12.7. The van der Waals surface area contributed by atoms with Crippen LogP contribution in [-0.2, 0) is 19.6 Å². The van der Waals surface area contributed by atoms with Crippen LogP contribution in [0.4, 0.5) is 5.69 Å². The lowest BCUT2D eigenvalue weighted by atomic mass is 10.3. The molecule has 32 heavy (non-hydrogen) atoms. The summed E-state index contributed by atoms with van der Waals surface area (Å²) in [7, 11) is -3.59. The summed E-state index contributed by atoms with van der Waals surface area (Å²) in [5.74, 6) is -0.120. The predicted molar refractivity (Wildman–Crippen MR) is 116 cm³/mol. The van der Waals surface area contributed by atoms with E-state index in [1.807, 2.05) is 0 Å². The molecule has 1 aromatic heterocycles. The molecule has 0 bridgehead atoms. The summed E-state index contributed by atoms with van der Waals surface area (Å²) in [6, 6.07) is 12.4. The van der Waals surface area contributed by atoms with E-state index >= 15 is 0 Å². The molecule has 168 valence electrons. The highest BCUT2D eigenvalue weighted by atomic mass is 32.2. The number of rotatable bonds is 7. The van der Waals surface area contributed by atoms with Crippen LogP contribution in [0.3, 0.4) is 0 Å². The van der Waals surface area contributed by atoms with Crippen molar-refractivity contribution in [1.29, 1.82) is 0 Å². The molecule has 0 spiro atoms. The van der Waals surface area contributed by atoms with Gasteiger partial charge in [0.15, 0.2) is 0 Å². The Morgan fingerprint density at radius 2 is 1.78 bits per heavy atom. The normalized spacial score (nSPS) is 14.9. The van der Waals surface area contributed by atoms with Crippen molar-refractivity contribution < 1.29 is 23.1 Å². The lowest BCUT2D eigenvalue weighted by Gasteiger charge is -2.26. The summed E-state index contributed by atoms with van der Waals surface area (Å²) in [6.45, 7) is 1.39. The van der Waals surface area contributed by atoms with E-state index in [-0.39, 0.29) is 22.3 Å². The monoisotopic (exact) mass is 476 g/mol. The van der Waals surface area contributed by atoms with Gasteiger partial charge in [0, 0.05) is 18.8 Å². The van der Waals surface area contributed by atoms with Crippen molar-refractivity contribution in [2.24, 2.45) is 0 Å². The van der Waals surface area contributed by atoms with Gasteiger partial charge >= 0.3 is 0 Å². The molecular weight excluding hydrogens is 456 g/mol. The van der Waals surface area contributed by atoms with Crippen LogP contribution >= 0.6 is 11.8 Å². The van der Waals surface area contributed by atoms with Crippen molar-refractivity contribution in [1.82, 2.24) is 24.5 Å². The van der Waals surface area contributed by atoms with Gasteiger partial charge in [-0.3, -0.25) is 4.79 Å². The molecule has 2 heterocycles. The van der Waals surface area contributed by atoms with Crippen LogP contribution in [0.1, 0.15) is 0 Å². The van der Waals surface area contributed by atoms with Gasteiger partial charge in [-0.2, -0.15) is 8.99 Å². The fraction of sp³-hybridized carbons (Fsp3) is 0.263. The first-order chi connectivity index (χ1) is 15.4. The van der Waals surface area contributed by atoms with Crippen LogP contribution in [0.25, 0.3) is 5.69 Å². The van der Waals surface area contributed by atoms with Crippen molar-refractivity contribution in [3.63, 3.8) is 0 Å². The molecule has 0 atom stereocenters. The van der Waals surface area contributed by atoms with Crippen LogP contribution in [0, 0.1) is 0 Å².